The monoisotopic (exact) mass is 268 g/mol. The number of hydrogen-bond acceptors (Lipinski definition) is 5. The van der Waals surface area contributed by atoms with Crippen LogP contribution in [-0.4, -0.2) is 23.5 Å². The maximum absolute atomic E-state index is 11.8. The number of rotatable bonds is 6. The van der Waals surface area contributed by atoms with E-state index in [0.717, 1.165) is 23.2 Å². The van der Waals surface area contributed by atoms with Crippen molar-refractivity contribution in [1.82, 2.24) is 4.37 Å². The van der Waals surface area contributed by atoms with Crippen molar-refractivity contribution in [3.8, 4) is 0 Å². The third kappa shape index (κ3) is 3.02. The average Bonchev–Trinajstić information content (AvgIpc) is 2.64. The first-order valence-corrected chi connectivity index (χ1v) is 7.37. The standard InChI is InChI=1S/C13H20N2O2S/c1-3-17-13(16)11-9(2)15-18-12(11)14-8-7-10-5-4-6-10/h10,14H,3-8H2,1-2H3. The maximum Gasteiger partial charge on any atom is 0.343 e. The van der Waals surface area contributed by atoms with Gasteiger partial charge in [0.15, 0.2) is 0 Å². The molecule has 0 amide bonds. The summed E-state index contributed by atoms with van der Waals surface area (Å²) in [5.41, 5.74) is 1.36. The third-order valence-corrected chi connectivity index (χ3v) is 4.30. The molecule has 18 heavy (non-hydrogen) atoms. The molecule has 1 saturated carbocycles. The molecule has 0 atom stereocenters. The van der Waals surface area contributed by atoms with Crippen LogP contribution >= 0.6 is 11.5 Å². The van der Waals surface area contributed by atoms with Crippen LogP contribution in [-0.2, 0) is 4.74 Å². The minimum Gasteiger partial charge on any atom is -0.462 e. The highest BCUT2D eigenvalue weighted by molar-refractivity contribution is 7.10. The Morgan fingerprint density at radius 1 is 1.56 bits per heavy atom. The summed E-state index contributed by atoms with van der Waals surface area (Å²) < 4.78 is 9.29. The molecule has 0 aliphatic heterocycles. The number of carbonyl (C=O) groups excluding carboxylic acids is 1. The number of anilines is 1. The van der Waals surface area contributed by atoms with E-state index < -0.39 is 0 Å². The summed E-state index contributed by atoms with van der Waals surface area (Å²) in [4.78, 5) is 11.8. The Morgan fingerprint density at radius 3 is 2.94 bits per heavy atom. The van der Waals surface area contributed by atoms with Crippen LogP contribution in [0.3, 0.4) is 0 Å². The van der Waals surface area contributed by atoms with Crippen LogP contribution in [0, 0.1) is 12.8 Å². The predicted molar refractivity (Wildman–Crippen MR) is 73.3 cm³/mol. The van der Waals surface area contributed by atoms with Gasteiger partial charge >= 0.3 is 5.97 Å². The number of aromatic nitrogens is 1. The fraction of sp³-hybridized carbons (Fsp3) is 0.692. The quantitative estimate of drug-likeness (QED) is 0.805. The molecule has 1 aromatic rings. The molecule has 0 bridgehead atoms. The van der Waals surface area contributed by atoms with Crippen LogP contribution in [0.1, 0.15) is 48.7 Å². The van der Waals surface area contributed by atoms with Gasteiger partial charge in [-0.15, -0.1) is 0 Å². The molecule has 1 N–H and O–H groups in total. The van der Waals surface area contributed by atoms with E-state index in [4.69, 9.17) is 4.74 Å². The first kappa shape index (κ1) is 13.3. The molecule has 0 aromatic carbocycles. The van der Waals surface area contributed by atoms with Crippen LogP contribution in [0.5, 0.6) is 0 Å². The number of carbonyl (C=O) groups is 1. The lowest BCUT2D eigenvalue weighted by atomic mass is 9.83. The number of nitrogens with one attached hydrogen (secondary N) is 1. The number of aryl methyl sites for hydroxylation is 1. The Labute approximate surface area is 112 Å². The smallest absolute Gasteiger partial charge is 0.343 e. The van der Waals surface area contributed by atoms with Crippen LogP contribution in [0.15, 0.2) is 0 Å². The van der Waals surface area contributed by atoms with E-state index >= 15 is 0 Å². The van der Waals surface area contributed by atoms with E-state index in [1.807, 2.05) is 13.8 Å². The SMILES string of the molecule is CCOC(=O)c1c(C)nsc1NCCC1CCC1. The second kappa shape index (κ2) is 6.18. The van der Waals surface area contributed by atoms with Gasteiger partial charge < -0.3 is 10.1 Å². The van der Waals surface area contributed by atoms with Crippen molar-refractivity contribution in [2.75, 3.05) is 18.5 Å². The van der Waals surface area contributed by atoms with Crippen molar-refractivity contribution in [2.45, 2.75) is 39.5 Å². The first-order chi connectivity index (χ1) is 8.72. The normalized spacial score (nSPS) is 15.2. The molecule has 1 aromatic heterocycles. The molecule has 0 unspecified atom stereocenters. The minimum atomic E-state index is -0.269. The Kier molecular flexibility index (Phi) is 4.58. The molecule has 1 aliphatic carbocycles. The van der Waals surface area contributed by atoms with Crippen LogP contribution in [0.4, 0.5) is 5.00 Å². The largest absolute Gasteiger partial charge is 0.462 e. The van der Waals surface area contributed by atoms with Crippen molar-refractivity contribution in [2.24, 2.45) is 5.92 Å². The molecule has 1 heterocycles. The fourth-order valence-corrected chi connectivity index (χ4v) is 2.91. The number of nitrogens with zero attached hydrogens (tertiary/aromatic N) is 1. The van der Waals surface area contributed by atoms with E-state index in [9.17, 15) is 4.79 Å². The Balaban J connectivity index is 1.92. The third-order valence-electron chi connectivity index (χ3n) is 3.41. The van der Waals surface area contributed by atoms with Crippen LogP contribution < -0.4 is 5.32 Å². The zero-order chi connectivity index (χ0) is 13.0. The highest BCUT2D eigenvalue weighted by Crippen LogP contribution is 2.30. The Morgan fingerprint density at radius 2 is 2.33 bits per heavy atom. The van der Waals surface area contributed by atoms with Gasteiger partial charge in [0.05, 0.1) is 12.3 Å². The van der Waals surface area contributed by atoms with Crippen LogP contribution in [0.25, 0.3) is 0 Å². The molecular weight excluding hydrogens is 248 g/mol. The summed E-state index contributed by atoms with van der Waals surface area (Å²) in [6.45, 7) is 4.98. The van der Waals surface area contributed by atoms with Gasteiger partial charge in [-0.2, -0.15) is 4.37 Å². The van der Waals surface area contributed by atoms with Crippen molar-refractivity contribution >= 4 is 22.5 Å². The zero-order valence-electron chi connectivity index (χ0n) is 11.0. The van der Waals surface area contributed by atoms with Gasteiger partial charge in [-0.25, -0.2) is 4.79 Å². The summed E-state index contributed by atoms with van der Waals surface area (Å²) in [5, 5.41) is 4.18. The first-order valence-electron chi connectivity index (χ1n) is 6.59. The zero-order valence-corrected chi connectivity index (χ0v) is 11.8. The van der Waals surface area contributed by atoms with Crippen molar-refractivity contribution in [3.63, 3.8) is 0 Å². The molecule has 2 rings (SSSR count). The minimum absolute atomic E-state index is 0.269. The van der Waals surface area contributed by atoms with E-state index in [0.29, 0.717) is 12.2 Å². The van der Waals surface area contributed by atoms with E-state index in [-0.39, 0.29) is 5.97 Å². The van der Waals surface area contributed by atoms with Gasteiger partial charge in [0, 0.05) is 6.54 Å². The highest BCUT2D eigenvalue weighted by atomic mass is 32.1. The van der Waals surface area contributed by atoms with Crippen molar-refractivity contribution < 1.29 is 9.53 Å². The van der Waals surface area contributed by atoms with E-state index in [2.05, 4.69) is 9.69 Å². The van der Waals surface area contributed by atoms with E-state index in [1.165, 1.54) is 37.2 Å². The highest BCUT2D eigenvalue weighted by Gasteiger charge is 2.20. The molecule has 0 radical (unpaired) electrons. The lowest BCUT2D eigenvalue weighted by Crippen LogP contribution is -2.16. The molecule has 1 aliphatic rings. The summed E-state index contributed by atoms with van der Waals surface area (Å²) in [7, 11) is 0. The second-order valence-electron chi connectivity index (χ2n) is 4.70. The van der Waals surface area contributed by atoms with E-state index in [1.54, 1.807) is 0 Å². The summed E-state index contributed by atoms with van der Waals surface area (Å²) in [5.74, 6) is 0.604. The molecule has 1 fully saturated rings. The molecular formula is C13H20N2O2S. The van der Waals surface area contributed by atoms with Gasteiger partial charge in [-0.05, 0) is 37.7 Å². The maximum atomic E-state index is 11.8. The molecule has 0 saturated heterocycles. The number of esters is 1. The van der Waals surface area contributed by atoms with Gasteiger partial charge in [-0.1, -0.05) is 19.3 Å². The number of ether oxygens (including phenoxy) is 1. The Bertz CT molecular complexity index is 413. The molecule has 0 spiro atoms. The predicted octanol–water partition coefficient (Wildman–Crippen LogP) is 3.23. The van der Waals surface area contributed by atoms with Crippen molar-refractivity contribution in [3.05, 3.63) is 11.3 Å². The summed E-state index contributed by atoms with van der Waals surface area (Å²) >= 11 is 1.35. The van der Waals surface area contributed by atoms with Gasteiger partial charge in [0.2, 0.25) is 0 Å². The fourth-order valence-electron chi connectivity index (χ4n) is 2.11. The van der Waals surface area contributed by atoms with Crippen LogP contribution in [0.2, 0.25) is 0 Å². The topological polar surface area (TPSA) is 51.2 Å². The summed E-state index contributed by atoms with van der Waals surface area (Å²) in [6, 6.07) is 0. The molecule has 4 nitrogen and oxygen atoms in total. The second-order valence-corrected chi connectivity index (χ2v) is 5.48. The molecule has 100 valence electrons. The van der Waals surface area contributed by atoms with Gasteiger partial charge in [0.25, 0.3) is 0 Å². The van der Waals surface area contributed by atoms with Gasteiger partial charge in [0.1, 0.15) is 10.6 Å². The van der Waals surface area contributed by atoms with Crippen molar-refractivity contribution in [1.29, 1.82) is 0 Å². The number of hydrogen-bond donors (Lipinski definition) is 1. The lowest BCUT2D eigenvalue weighted by molar-refractivity contribution is 0.0527. The summed E-state index contributed by atoms with van der Waals surface area (Å²) in [6.07, 6.45) is 5.26. The molecule has 5 heteroatoms. The lowest BCUT2D eigenvalue weighted by Gasteiger charge is -2.25. The Hall–Kier alpha value is -1.10. The average molecular weight is 268 g/mol. The van der Waals surface area contributed by atoms with Gasteiger partial charge in [-0.3, -0.25) is 0 Å².